The molecule has 1 aromatic rings. The highest BCUT2D eigenvalue weighted by Gasteiger charge is 2.41. The number of fused-ring (bicyclic) bond motifs is 1. The molecule has 3 aliphatic rings. The lowest BCUT2D eigenvalue weighted by Crippen LogP contribution is -2.47. The van der Waals surface area contributed by atoms with Crippen LogP contribution in [0, 0.1) is 5.41 Å². The summed E-state index contributed by atoms with van der Waals surface area (Å²) >= 11 is 0. The van der Waals surface area contributed by atoms with Crippen LogP contribution in [0.4, 0.5) is 5.69 Å². The lowest BCUT2D eigenvalue weighted by Gasteiger charge is -2.39. The Hall–Kier alpha value is -1.55. The minimum Gasteiger partial charge on any atom is -0.381 e. The van der Waals surface area contributed by atoms with Crippen LogP contribution in [0.25, 0.3) is 0 Å². The highest BCUT2D eigenvalue weighted by molar-refractivity contribution is 5.77. The fraction of sp³-hybridized carbons (Fsp3) is 0.650. The van der Waals surface area contributed by atoms with Gasteiger partial charge in [0.1, 0.15) is 0 Å². The summed E-state index contributed by atoms with van der Waals surface area (Å²) in [6.45, 7) is 5.69. The van der Waals surface area contributed by atoms with Crippen molar-refractivity contribution in [1.82, 2.24) is 4.90 Å². The summed E-state index contributed by atoms with van der Waals surface area (Å²) in [5, 5.41) is 0. The molecule has 4 nitrogen and oxygen atoms in total. The molecule has 0 radical (unpaired) electrons. The summed E-state index contributed by atoms with van der Waals surface area (Å²) in [5.41, 5.74) is 3.13. The van der Waals surface area contributed by atoms with E-state index in [2.05, 4.69) is 34.1 Å². The molecule has 24 heavy (non-hydrogen) atoms. The predicted octanol–water partition coefficient (Wildman–Crippen LogP) is 2.86. The minimum atomic E-state index is 0.256. The summed E-state index contributed by atoms with van der Waals surface area (Å²) in [4.78, 5) is 16.9. The second kappa shape index (κ2) is 6.75. The average molecular weight is 328 g/mol. The summed E-state index contributed by atoms with van der Waals surface area (Å²) in [6.07, 6.45) is 6.32. The number of benzene rings is 1. The Morgan fingerprint density at radius 2 is 1.96 bits per heavy atom. The van der Waals surface area contributed by atoms with Gasteiger partial charge in [0.15, 0.2) is 0 Å². The number of piperidine rings is 1. The zero-order valence-electron chi connectivity index (χ0n) is 14.5. The second-order valence-electron chi connectivity index (χ2n) is 7.69. The van der Waals surface area contributed by atoms with Gasteiger partial charge in [-0.05, 0) is 43.7 Å². The van der Waals surface area contributed by atoms with Gasteiger partial charge in [0.05, 0.1) is 6.61 Å². The smallest absolute Gasteiger partial charge is 0.222 e. The number of carbonyl (C=O) groups excluding carboxylic acids is 1. The van der Waals surface area contributed by atoms with Crippen LogP contribution in [0.2, 0.25) is 0 Å². The van der Waals surface area contributed by atoms with Crippen molar-refractivity contribution in [3.63, 3.8) is 0 Å². The number of nitrogens with zero attached hydrogens (tertiary/aromatic N) is 2. The first kappa shape index (κ1) is 15.9. The molecule has 0 N–H and O–H groups in total. The van der Waals surface area contributed by atoms with E-state index in [0.717, 1.165) is 58.7 Å². The second-order valence-corrected chi connectivity index (χ2v) is 7.69. The van der Waals surface area contributed by atoms with E-state index in [9.17, 15) is 4.79 Å². The minimum absolute atomic E-state index is 0.256. The van der Waals surface area contributed by atoms with Crippen molar-refractivity contribution in [2.75, 3.05) is 44.3 Å². The Balaban J connectivity index is 1.33. The molecule has 0 saturated carbocycles. The maximum atomic E-state index is 12.3. The molecule has 1 aromatic carbocycles. The molecule has 0 bridgehead atoms. The normalized spacial score (nSPS) is 26.9. The first-order valence-corrected chi connectivity index (χ1v) is 9.44. The third-order valence-corrected chi connectivity index (χ3v) is 6.00. The van der Waals surface area contributed by atoms with Gasteiger partial charge in [-0.25, -0.2) is 0 Å². The summed E-state index contributed by atoms with van der Waals surface area (Å²) in [6, 6.07) is 8.76. The molecule has 1 amide bonds. The molecule has 4 rings (SSSR count). The van der Waals surface area contributed by atoms with Gasteiger partial charge < -0.3 is 14.5 Å². The molecule has 3 aliphatic heterocycles. The maximum Gasteiger partial charge on any atom is 0.222 e. The third-order valence-electron chi connectivity index (χ3n) is 6.00. The molecule has 2 fully saturated rings. The molecule has 4 heteroatoms. The van der Waals surface area contributed by atoms with Crippen molar-refractivity contribution >= 4 is 11.6 Å². The molecular formula is C20H28N2O2. The zero-order chi connectivity index (χ0) is 16.4. The van der Waals surface area contributed by atoms with E-state index in [1.165, 1.54) is 24.1 Å². The average Bonchev–Trinajstić information content (AvgIpc) is 3.06. The van der Waals surface area contributed by atoms with E-state index in [4.69, 9.17) is 4.74 Å². The molecule has 1 spiro atoms. The van der Waals surface area contributed by atoms with Crippen LogP contribution in [0.3, 0.4) is 0 Å². The number of ether oxygens (including phenoxy) is 1. The van der Waals surface area contributed by atoms with E-state index < -0.39 is 0 Å². The van der Waals surface area contributed by atoms with Crippen LogP contribution in [-0.2, 0) is 16.0 Å². The number of hydrogen-bond donors (Lipinski definition) is 0. The van der Waals surface area contributed by atoms with E-state index in [1.807, 2.05) is 0 Å². The number of likely N-dealkylation sites (tertiary alicyclic amines) is 1. The fourth-order valence-electron chi connectivity index (χ4n) is 4.57. The van der Waals surface area contributed by atoms with Crippen molar-refractivity contribution in [2.45, 2.75) is 38.5 Å². The first-order valence-electron chi connectivity index (χ1n) is 9.44. The van der Waals surface area contributed by atoms with Gasteiger partial charge in [0.2, 0.25) is 5.91 Å². The summed E-state index contributed by atoms with van der Waals surface area (Å²) in [7, 11) is 0. The van der Waals surface area contributed by atoms with Crippen LogP contribution in [0.15, 0.2) is 24.3 Å². The number of anilines is 1. The number of para-hydroxylation sites is 1. The fourth-order valence-corrected chi connectivity index (χ4v) is 4.57. The SMILES string of the molecule is O=C1CCC2(CCOC2)CN1CCCN1CCCc2ccccc21. The quantitative estimate of drug-likeness (QED) is 0.852. The van der Waals surface area contributed by atoms with E-state index >= 15 is 0 Å². The van der Waals surface area contributed by atoms with Gasteiger partial charge >= 0.3 is 0 Å². The van der Waals surface area contributed by atoms with Gasteiger partial charge in [-0.15, -0.1) is 0 Å². The highest BCUT2D eigenvalue weighted by Crippen LogP contribution is 2.38. The lowest BCUT2D eigenvalue weighted by atomic mass is 9.79. The monoisotopic (exact) mass is 328 g/mol. The van der Waals surface area contributed by atoms with Gasteiger partial charge in [-0.1, -0.05) is 18.2 Å². The van der Waals surface area contributed by atoms with Crippen LogP contribution in [0.1, 0.15) is 37.7 Å². The molecular weight excluding hydrogens is 300 g/mol. The van der Waals surface area contributed by atoms with Crippen molar-refractivity contribution < 1.29 is 9.53 Å². The zero-order valence-corrected chi connectivity index (χ0v) is 14.5. The van der Waals surface area contributed by atoms with Crippen LogP contribution >= 0.6 is 0 Å². The topological polar surface area (TPSA) is 32.8 Å². The molecule has 130 valence electrons. The number of carbonyl (C=O) groups is 1. The number of amides is 1. The van der Waals surface area contributed by atoms with Gasteiger partial charge in [0, 0.05) is 50.3 Å². The van der Waals surface area contributed by atoms with E-state index in [1.54, 1.807) is 0 Å². The van der Waals surface area contributed by atoms with Gasteiger partial charge in [0.25, 0.3) is 0 Å². The van der Waals surface area contributed by atoms with Crippen molar-refractivity contribution in [1.29, 1.82) is 0 Å². The Kier molecular flexibility index (Phi) is 4.49. The van der Waals surface area contributed by atoms with Gasteiger partial charge in [-0.2, -0.15) is 0 Å². The molecule has 0 aliphatic carbocycles. The van der Waals surface area contributed by atoms with E-state index in [-0.39, 0.29) is 5.41 Å². The molecule has 2 saturated heterocycles. The van der Waals surface area contributed by atoms with Crippen molar-refractivity contribution in [3.05, 3.63) is 29.8 Å². The standard InChI is InChI=1S/C20H28N2O2/c23-19-8-9-20(10-14-24-16-20)15-22(19)13-4-12-21-11-3-6-17-5-1-2-7-18(17)21/h1-2,5,7H,3-4,6,8-16H2. The number of aryl methyl sites for hydroxylation is 1. The Labute approximate surface area is 144 Å². The van der Waals surface area contributed by atoms with Crippen molar-refractivity contribution in [2.24, 2.45) is 5.41 Å². The highest BCUT2D eigenvalue weighted by atomic mass is 16.5. The Morgan fingerprint density at radius 3 is 2.83 bits per heavy atom. The Morgan fingerprint density at radius 1 is 1.08 bits per heavy atom. The van der Waals surface area contributed by atoms with Crippen LogP contribution in [0.5, 0.6) is 0 Å². The molecule has 1 atom stereocenters. The Bertz CT molecular complexity index is 595. The molecule has 3 heterocycles. The largest absolute Gasteiger partial charge is 0.381 e. The molecule has 1 unspecified atom stereocenters. The number of rotatable bonds is 4. The lowest BCUT2D eigenvalue weighted by molar-refractivity contribution is -0.137. The van der Waals surface area contributed by atoms with E-state index in [0.29, 0.717) is 12.3 Å². The maximum absolute atomic E-state index is 12.3. The van der Waals surface area contributed by atoms with Crippen LogP contribution in [-0.4, -0.2) is 50.2 Å². The molecule has 0 aromatic heterocycles. The summed E-state index contributed by atoms with van der Waals surface area (Å²) < 4.78 is 5.61. The first-order chi connectivity index (χ1) is 11.8. The van der Waals surface area contributed by atoms with Crippen molar-refractivity contribution in [3.8, 4) is 0 Å². The number of hydrogen-bond acceptors (Lipinski definition) is 3. The predicted molar refractivity (Wildman–Crippen MR) is 95.3 cm³/mol. The third kappa shape index (κ3) is 3.16. The van der Waals surface area contributed by atoms with Gasteiger partial charge in [-0.3, -0.25) is 4.79 Å². The van der Waals surface area contributed by atoms with Crippen LogP contribution < -0.4 is 4.90 Å². The summed E-state index contributed by atoms with van der Waals surface area (Å²) in [5.74, 6) is 0.339.